The lowest BCUT2D eigenvalue weighted by atomic mass is 10.1. The predicted molar refractivity (Wildman–Crippen MR) is 62.4 cm³/mol. The minimum Gasteiger partial charge on any atom is -0.383 e. The second-order valence-corrected chi connectivity index (χ2v) is 4.41. The Morgan fingerprint density at radius 1 is 1.53 bits per heavy atom. The molecule has 0 aromatic carbocycles. The van der Waals surface area contributed by atoms with E-state index in [9.17, 15) is 0 Å². The highest BCUT2D eigenvalue weighted by Gasteiger charge is 2.06. The quantitative estimate of drug-likeness (QED) is 0.760. The van der Waals surface area contributed by atoms with Crippen LogP contribution in [0.4, 0.5) is 0 Å². The monoisotopic (exact) mass is 229 g/mol. The van der Waals surface area contributed by atoms with E-state index < -0.39 is 0 Å². The maximum Gasteiger partial charge on any atom is 0.195 e. The molecule has 1 aromatic heterocycles. The Balaban J connectivity index is 2.66. The fourth-order valence-electron chi connectivity index (χ4n) is 1.37. The third kappa shape index (κ3) is 3.76. The van der Waals surface area contributed by atoms with Gasteiger partial charge in [0.05, 0.1) is 6.61 Å². The molecule has 0 unspecified atom stereocenters. The van der Waals surface area contributed by atoms with Crippen LogP contribution >= 0.6 is 12.2 Å². The summed E-state index contributed by atoms with van der Waals surface area (Å²) in [6.07, 6.45) is 2.10. The molecule has 0 radical (unpaired) electrons. The summed E-state index contributed by atoms with van der Waals surface area (Å²) in [5.74, 6) is 1.72. The lowest BCUT2D eigenvalue weighted by molar-refractivity contribution is 0.185. The van der Waals surface area contributed by atoms with Crippen LogP contribution in [0.3, 0.4) is 0 Å². The number of methoxy groups -OCH3 is 1. The molecule has 0 bridgehead atoms. The lowest BCUT2D eigenvalue weighted by Gasteiger charge is -2.07. The predicted octanol–water partition coefficient (Wildman–Crippen LogP) is 2.18. The van der Waals surface area contributed by atoms with E-state index in [1.54, 1.807) is 7.11 Å². The average Bonchev–Trinajstić information content (AvgIpc) is 2.53. The number of H-pyrrole nitrogens is 1. The van der Waals surface area contributed by atoms with Crippen LogP contribution in [0.1, 0.15) is 26.1 Å². The molecule has 0 aliphatic carbocycles. The first-order chi connectivity index (χ1) is 7.15. The maximum absolute atomic E-state index is 5.16. The van der Waals surface area contributed by atoms with E-state index in [4.69, 9.17) is 17.0 Å². The first-order valence-electron chi connectivity index (χ1n) is 5.28. The average molecular weight is 229 g/mol. The van der Waals surface area contributed by atoms with Gasteiger partial charge in [0.2, 0.25) is 0 Å². The zero-order valence-corrected chi connectivity index (χ0v) is 10.4. The van der Waals surface area contributed by atoms with Crippen molar-refractivity contribution < 1.29 is 4.74 Å². The van der Waals surface area contributed by atoms with Crippen molar-refractivity contribution >= 4 is 12.2 Å². The summed E-state index contributed by atoms with van der Waals surface area (Å²) in [5.41, 5.74) is 0. The van der Waals surface area contributed by atoms with E-state index in [2.05, 4.69) is 24.0 Å². The van der Waals surface area contributed by atoms with E-state index in [1.165, 1.54) is 0 Å². The van der Waals surface area contributed by atoms with Gasteiger partial charge in [-0.05, 0) is 24.6 Å². The Morgan fingerprint density at radius 3 is 2.87 bits per heavy atom. The van der Waals surface area contributed by atoms with Gasteiger partial charge in [-0.25, -0.2) is 0 Å². The molecule has 86 valence electrons. The molecule has 1 aromatic rings. The molecule has 0 saturated heterocycles. The van der Waals surface area contributed by atoms with Gasteiger partial charge in [0.1, 0.15) is 5.82 Å². The molecule has 0 atom stereocenters. The summed E-state index contributed by atoms with van der Waals surface area (Å²) in [6, 6.07) is 0. The van der Waals surface area contributed by atoms with Gasteiger partial charge < -0.3 is 9.30 Å². The zero-order valence-electron chi connectivity index (χ0n) is 9.62. The topological polar surface area (TPSA) is 42.8 Å². The first kappa shape index (κ1) is 12.4. The van der Waals surface area contributed by atoms with Crippen molar-refractivity contribution in [2.45, 2.75) is 33.2 Å². The number of aryl methyl sites for hydroxylation is 1. The molecule has 1 heterocycles. The summed E-state index contributed by atoms with van der Waals surface area (Å²) >= 11 is 5.16. The van der Waals surface area contributed by atoms with Gasteiger partial charge in [0, 0.05) is 20.1 Å². The van der Waals surface area contributed by atoms with Crippen LogP contribution in [0.15, 0.2) is 0 Å². The molecular formula is C10H19N3OS. The lowest BCUT2D eigenvalue weighted by Crippen LogP contribution is -2.09. The molecule has 15 heavy (non-hydrogen) atoms. The van der Waals surface area contributed by atoms with Gasteiger partial charge in [0.25, 0.3) is 0 Å². The van der Waals surface area contributed by atoms with Crippen LogP contribution in [0, 0.1) is 10.7 Å². The molecule has 1 N–H and O–H groups in total. The second-order valence-electron chi connectivity index (χ2n) is 4.02. The molecule has 4 nitrogen and oxygen atoms in total. The maximum atomic E-state index is 5.16. The Labute approximate surface area is 95.7 Å². The van der Waals surface area contributed by atoms with Crippen LogP contribution in [0.5, 0.6) is 0 Å². The molecule has 0 aliphatic heterocycles. The smallest absolute Gasteiger partial charge is 0.195 e. The molecular weight excluding hydrogens is 210 g/mol. The first-order valence-corrected chi connectivity index (χ1v) is 5.69. The standard InChI is InChI=1S/C10H19N3OS/c1-8(2)4-5-9-11-12-10(15)13(9)6-7-14-3/h8H,4-7H2,1-3H3,(H,12,15). The number of nitrogens with zero attached hydrogens (tertiary/aromatic N) is 2. The Morgan fingerprint density at radius 2 is 2.27 bits per heavy atom. The summed E-state index contributed by atoms with van der Waals surface area (Å²) in [4.78, 5) is 0. The Bertz CT molecular complexity index is 343. The van der Waals surface area contributed by atoms with Crippen molar-refractivity contribution in [3.05, 3.63) is 10.6 Å². The molecule has 0 amide bonds. The van der Waals surface area contributed by atoms with Gasteiger partial charge in [0.15, 0.2) is 4.77 Å². The second kappa shape index (κ2) is 6.02. The number of aromatic nitrogens is 3. The van der Waals surface area contributed by atoms with Crippen molar-refractivity contribution in [2.75, 3.05) is 13.7 Å². The highest BCUT2D eigenvalue weighted by atomic mass is 32.1. The summed E-state index contributed by atoms with van der Waals surface area (Å²) in [7, 11) is 1.69. The third-order valence-electron chi connectivity index (χ3n) is 2.30. The van der Waals surface area contributed by atoms with Crippen molar-refractivity contribution in [3.63, 3.8) is 0 Å². The van der Waals surface area contributed by atoms with Crippen molar-refractivity contribution in [3.8, 4) is 0 Å². The molecule has 0 aliphatic rings. The Hall–Kier alpha value is -0.680. The number of rotatable bonds is 6. The fraction of sp³-hybridized carbons (Fsp3) is 0.800. The van der Waals surface area contributed by atoms with Crippen LogP contribution < -0.4 is 0 Å². The Kier molecular flexibility index (Phi) is 4.98. The summed E-state index contributed by atoms with van der Waals surface area (Å²) in [5, 5.41) is 7.06. The van der Waals surface area contributed by atoms with E-state index in [1.807, 2.05) is 4.57 Å². The van der Waals surface area contributed by atoms with E-state index >= 15 is 0 Å². The van der Waals surface area contributed by atoms with E-state index in [0.717, 1.165) is 25.2 Å². The highest BCUT2D eigenvalue weighted by Crippen LogP contribution is 2.07. The minimum atomic E-state index is 0.669. The van der Waals surface area contributed by atoms with Gasteiger partial charge in [-0.1, -0.05) is 13.8 Å². The summed E-state index contributed by atoms with van der Waals surface area (Å²) in [6.45, 7) is 5.86. The van der Waals surface area contributed by atoms with Crippen molar-refractivity contribution in [2.24, 2.45) is 5.92 Å². The van der Waals surface area contributed by atoms with Gasteiger partial charge in [-0.2, -0.15) is 5.10 Å². The van der Waals surface area contributed by atoms with Crippen LogP contribution in [0.25, 0.3) is 0 Å². The van der Waals surface area contributed by atoms with Gasteiger partial charge in [-0.15, -0.1) is 0 Å². The fourth-order valence-corrected chi connectivity index (χ4v) is 1.61. The number of nitrogens with one attached hydrogen (secondary N) is 1. The number of ether oxygens (including phenoxy) is 1. The largest absolute Gasteiger partial charge is 0.383 e. The normalized spacial score (nSPS) is 11.2. The third-order valence-corrected chi connectivity index (χ3v) is 2.61. The van der Waals surface area contributed by atoms with E-state index in [-0.39, 0.29) is 0 Å². The van der Waals surface area contributed by atoms with Crippen molar-refractivity contribution in [1.82, 2.24) is 14.8 Å². The van der Waals surface area contributed by atoms with Gasteiger partial charge in [-0.3, -0.25) is 5.10 Å². The van der Waals surface area contributed by atoms with E-state index in [0.29, 0.717) is 17.3 Å². The molecule has 0 saturated carbocycles. The van der Waals surface area contributed by atoms with Gasteiger partial charge >= 0.3 is 0 Å². The minimum absolute atomic E-state index is 0.669. The number of hydrogen-bond donors (Lipinski definition) is 1. The highest BCUT2D eigenvalue weighted by molar-refractivity contribution is 7.71. The molecule has 0 fully saturated rings. The zero-order chi connectivity index (χ0) is 11.3. The SMILES string of the molecule is COCCn1c(CCC(C)C)n[nH]c1=S. The van der Waals surface area contributed by atoms with Crippen molar-refractivity contribution in [1.29, 1.82) is 0 Å². The molecule has 0 spiro atoms. The summed E-state index contributed by atoms with van der Waals surface area (Å²) < 4.78 is 7.74. The van der Waals surface area contributed by atoms with Crippen LogP contribution in [0.2, 0.25) is 0 Å². The number of hydrogen-bond acceptors (Lipinski definition) is 3. The van der Waals surface area contributed by atoms with Crippen LogP contribution in [-0.4, -0.2) is 28.5 Å². The van der Waals surface area contributed by atoms with Crippen LogP contribution in [-0.2, 0) is 17.7 Å². The number of aromatic amines is 1. The molecule has 1 rings (SSSR count). The molecule has 5 heteroatoms.